The molecule has 1 fully saturated rings. The minimum Gasteiger partial charge on any atom is -0.381 e. The lowest BCUT2D eigenvalue weighted by Crippen LogP contribution is -2.43. The van der Waals surface area contributed by atoms with Crippen molar-refractivity contribution in [2.24, 2.45) is 4.99 Å². The quantitative estimate of drug-likeness (QED) is 0.398. The molecule has 1 N–H and O–H groups in total. The molecule has 0 atom stereocenters. The summed E-state index contributed by atoms with van der Waals surface area (Å²) in [6.45, 7) is 8.90. The van der Waals surface area contributed by atoms with Crippen LogP contribution in [0.2, 0.25) is 0 Å². The van der Waals surface area contributed by atoms with Gasteiger partial charge in [0.2, 0.25) is 0 Å². The number of hydrogen-bond donors (Lipinski definition) is 1. The zero-order valence-electron chi connectivity index (χ0n) is 15.3. The largest absolute Gasteiger partial charge is 0.381 e. The van der Waals surface area contributed by atoms with E-state index in [2.05, 4.69) is 60.1 Å². The standard InChI is InChI=1S/C19H29N3OS.HI/c1-3-20-18(22-12-9-16-7-5-6-8-17(16)22)21-15-19(24-4-2)10-13-23-14-11-19;/h5-8H,3-4,9-15H2,1-2H3,(H,20,21);1H. The van der Waals surface area contributed by atoms with Crippen molar-refractivity contribution < 1.29 is 4.74 Å². The van der Waals surface area contributed by atoms with E-state index in [-0.39, 0.29) is 28.7 Å². The van der Waals surface area contributed by atoms with Crippen LogP contribution < -0.4 is 10.2 Å². The van der Waals surface area contributed by atoms with Crippen molar-refractivity contribution in [3.8, 4) is 0 Å². The molecule has 0 amide bonds. The maximum atomic E-state index is 5.58. The van der Waals surface area contributed by atoms with Crippen LogP contribution in [0.4, 0.5) is 5.69 Å². The number of ether oxygens (including phenoxy) is 1. The van der Waals surface area contributed by atoms with Gasteiger partial charge < -0.3 is 15.0 Å². The second kappa shape index (κ2) is 10.0. The van der Waals surface area contributed by atoms with Crippen LogP contribution in [-0.2, 0) is 11.2 Å². The molecule has 1 saturated heterocycles. The predicted molar refractivity (Wildman–Crippen MR) is 120 cm³/mol. The van der Waals surface area contributed by atoms with Crippen LogP contribution in [0.25, 0.3) is 0 Å². The van der Waals surface area contributed by atoms with E-state index in [1.54, 1.807) is 0 Å². The van der Waals surface area contributed by atoms with Crippen LogP contribution in [0.5, 0.6) is 0 Å². The summed E-state index contributed by atoms with van der Waals surface area (Å²) in [4.78, 5) is 7.41. The van der Waals surface area contributed by atoms with Gasteiger partial charge in [-0.15, -0.1) is 24.0 Å². The zero-order valence-corrected chi connectivity index (χ0v) is 18.4. The number of aliphatic imine (C=N–C) groups is 1. The predicted octanol–water partition coefficient (Wildman–Crippen LogP) is 3.93. The summed E-state index contributed by atoms with van der Waals surface area (Å²) >= 11 is 2.05. The molecule has 140 valence electrons. The monoisotopic (exact) mass is 475 g/mol. The number of guanidine groups is 1. The molecular weight excluding hydrogens is 445 g/mol. The van der Waals surface area contributed by atoms with Gasteiger partial charge in [0, 0.05) is 36.7 Å². The fourth-order valence-electron chi connectivity index (χ4n) is 3.57. The molecule has 0 radical (unpaired) electrons. The molecular formula is C19H30IN3OS. The van der Waals surface area contributed by atoms with E-state index >= 15 is 0 Å². The molecule has 2 heterocycles. The van der Waals surface area contributed by atoms with Gasteiger partial charge in [0.1, 0.15) is 0 Å². The average Bonchev–Trinajstić information content (AvgIpc) is 3.04. The number of nitrogens with one attached hydrogen (secondary N) is 1. The molecule has 0 aromatic heterocycles. The maximum Gasteiger partial charge on any atom is 0.198 e. The summed E-state index contributed by atoms with van der Waals surface area (Å²) < 4.78 is 5.83. The summed E-state index contributed by atoms with van der Waals surface area (Å²) in [6.07, 6.45) is 3.30. The van der Waals surface area contributed by atoms with Crippen molar-refractivity contribution in [2.45, 2.75) is 37.9 Å². The number of hydrogen-bond acceptors (Lipinski definition) is 3. The third kappa shape index (κ3) is 5.04. The van der Waals surface area contributed by atoms with E-state index in [9.17, 15) is 0 Å². The van der Waals surface area contributed by atoms with E-state index in [4.69, 9.17) is 9.73 Å². The average molecular weight is 475 g/mol. The molecule has 25 heavy (non-hydrogen) atoms. The minimum atomic E-state index is 0. The molecule has 0 aliphatic carbocycles. The number of para-hydroxylation sites is 1. The molecule has 0 bridgehead atoms. The number of benzene rings is 1. The fraction of sp³-hybridized carbons (Fsp3) is 0.632. The van der Waals surface area contributed by atoms with Crippen LogP contribution in [0.3, 0.4) is 0 Å². The van der Waals surface area contributed by atoms with Crippen molar-refractivity contribution in [3.63, 3.8) is 0 Å². The van der Waals surface area contributed by atoms with Crippen LogP contribution in [0.1, 0.15) is 32.3 Å². The fourth-order valence-corrected chi connectivity index (χ4v) is 4.79. The lowest BCUT2D eigenvalue weighted by atomic mass is 9.99. The normalized spacial score (nSPS) is 19.3. The first kappa shape index (κ1) is 20.8. The SMILES string of the molecule is CCNC(=NCC1(SCC)CCOCC1)N1CCc2ccccc21.I. The maximum absolute atomic E-state index is 5.58. The van der Waals surface area contributed by atoms with Crippen molar-refractivity contribution in [1.29, 1.82) is 0 Å². The van der Waals surface area contributed by atoms with Gasteiger partial charge in [0.25, 0.3) is 0 Å². The molecule has 6 heteroatoms. The third-order valence-electron chi connectivity index (χ3n) is 4.85. The summed E-state index contributed by atoms with van der Waals surface area (Å²) in [5.41, 5.74) is 2.73. The molecule has 3 rings (SSSR count). The summed E-state index contributed by atoms with van der Waals surface area (Å²) in [5, 5.41) is 3.50. The number of thioether (sulfide) groups is 1. The van der Waals surface area contributed by atoms with Gasteiger partial charge in [-0.2, -0.15) is 11.8 Å². The highest BCUT2D eigenvalue weighted by molar-refractivity contribution is 14.0. The van der Waals surface area contributed by atoms with Crippen molar-refractivity contribution in [1.82, 2.24) is 5.32 Å². The van der Waals surface area contributed by atoms with Gasteiger partial charge >= 0.3 is 0 Å². The second-order valence-corrected chi connectivity index (χ2v) is 8.16. The Morgan fingerprint density at radius 1 is 1.28 bits per heavy atom. The molecule has 0 unspecified atom stereocenters. The van der Waals surface area contributed by atoms with Crippen LogP contribution in [0, 0.1) is 0 Å². The van der Waals surface area contributed by atoms with Gasteiger partial charge in [-0.1, -0.05) is 25.1 Å². The molecule has 0 spiro atoms. The summed E-state index contributed by atoms with van der Waals surface area (Å²) in [5.74, 6) is 2.17. The van der Waals surface area contributed by atoms with Gasteiger partial charge in [-0.25, -0.2) is 0 Å². The summed E-state index contributed by atoms with van der Waals surface area (Å²) in [7, 11) is 0. The third-order valence-corrected chi connectivity index (χ3v) is 6.29. The van der Waals surface area contributed by atoms with Crippen LogP contribution in [-0.4, -0.2) is 49.3 Å². The summed E-state index contributed by atoms with van der Waals surface area (Å²) in [6, 6.07) is 8.68. The topological polar surface area (TPSA) is 36.9 Å². The lowest BCUT2D eigenvalue weighted by molar-refractivity contribution is 0.0793. The Morgan fingerprint density at radius 3 is 2.76 bits per heavy atom. The number of fused-ring (bicyclic) bond motifs is 1. The first-order valence-corrected chi connectivity index (χ1v) is 10.1. The number of rotatable bonds is 5. The number of halogens is 1. The van der Waals surface area contributed by atoms with Gasteiger partial charge in [-0.3, -0.25) is 4.99 Å². The first-order valence-electron chi connectivity index (χ1n) is 9.13. The Labute approximate surface area is 173 Å². The van der Waals surface area contributed by atoms with Crippen molar-refractivity contribution in [3.05, 3.63) is 29.8 Å². The van der Waals surface area contributed by atoms with E-state index in [1.165, 1.54) is 11.3 Å². The van der Waals surface area contributed by atoms with E-state index < -0.39 is 0 Å². The Hall–Kier alpha value is -0.470. The Kier molecular flexibility index (Phi) is 8.35. The van der Waals surface area contributed by atoms with Crippen LogP contribution in [0.15, 0.2) is 29.3 Å². The highest BCUT2D eigenvalue weighted by Gasteiger charge is 2.33. The highest BCUT2D eigenvalue weighted by Crippen LogP contribution is 2.36. The number of nitrogens with zero attached hydrogens (tertiary/aromatic N) is 2. The Balaban J connectivity index is 0.00000225. The van der Waals surface area contributed by atoms with E-state index in [0.29, 0.717) is 0 Å². The van der Waals surface area contributed by atoms with Crippen LogP contribution >= 0.6 is 35.7 Å². The first-order chi connectivity index (χ1) is 11.8. The van der Waals surface area contributed by atoms with Gasteiger partial charge in [-0.05, 0) is 43.6 Å². The van der Waals surface area contributed by atoms with Crippen molar-refractivity contribution in [2.75, 3.05) is 43.5 Å². The molecule has 4 nitrogen and oxygen atoms in total. The highest BCUT2D eigenvalue weighted by atomic mass is 127. The Bertz CT molecular complexity index is 570. The molecule has 1 aromatic carbocycles. The lowest BCUT2D eigenvalue weighted by Gasteiger charge is -2.35. The smallest absolute Gasteiger partial charge is 0.198 e. The second-order valence-electron chi connectivity index (χ2n) is 6.43. The van der Waals surface area contributed by atoms with Gasteiger partial charge in [0.15, 0.2) is 5.96 Å². The van der Waals surface area contributed by atoms with E-state index in [0.717, 1.165) is 63.8 Å². The molecule has 1 aromatic rings. The number of anilines is 1. The van der Waals surface area contributed by atoms with Gasteiger partial charge in [0.05, 0.1) is 6.54 Å². The molecule has 2 aliphatic rings. The zero-order chi connectivity index (χ0) is 16.8. The Morgan fingerprint density at radius 2 is 2.04 bits per heavy atom. The minimum absolute atomic E-state index is 0. The van der Waals surface area contributed by atoms with E-state index in [1.807, 2.05) is 0 Å². The molecule has 2 aliphatic heterocycles. The molecule has 0 saturated carbocycles. The van der Waals surface area contributed by atoms with Crippen molar-refractivity contribution >= 4 is 47.4 Å².